The standard InChI is InChI=1S/C17H14F12/c1-8-11(14(18,19)20)6-10(7-12(8)15(21,22)23)9-2-4-13(5-3-9,16(24,25)26)17(27,28)29/h6-7,9H,2-5H2,1H3. The lowest BCUT2D eigenvalue weighted by Crippen LogP contribution is -2.51. The summed E-state index contributed by atoms with van der Waals surface area (Å²) in [6.07, 6.45) is -26.3. The van der Waals surface area contributed by atoms with Crippen LogP contribution in [0.2, 0.25) is 0 Å². The zero-order valence-electron chi connectivity index (χ0n) is 14.6. The van der Waals surface area contributed by atoms with Gasteiger partial charge in [-0.3, -0.25) is 0 Å². The zero-order valence-corrected chi connectivity index (χ0v) is 14.6. The fourth-order valence-electron chi connectivity index (χ4n) is 3.73. The number of rotatable bonds is 1. The van der Waals surface area contributed by atoms with Gasteiger partial charge in [0.05, 0.1) is 11.1 Å². The van der Waals surface area contributed by atoms with Gasteiger partial charge < -0.3 is 0 Å². The smallest absolute Gasteiger partial charge is 0.170 e. The lowest BCUT2D eigenvalue weighted by molar-refractivity contribution is -0.350. The maximum atomic E-state index is 13.1. The molecule has 1 aromatic carbocycles. The quantitative estimate of drug-likeness (QED) is 0.386. The first kappa shape index (κ1) is 23.7. The summed E-state index contributed by atoms with van der Waals surface area (Å²) in [5, 5.41) is 0. The highest BCUT2D eigenvalue weighted by atomic mass is 19.4. The van der Waals surface area contributed by atoms with E-state index in [2.05, 4.69) is 0 Å². The molecule has 1 saturated carbocycles. The predicted molar refractivity (Wildman–Crippen MR) is 76.9 cm³/mol. The third-order valence-corrected chi connectivity index (χ3v) is 5.44. The lowest BCUT2D eigenvalue weighted by Gasteiger charge is -2.42. The van der Waals surface area contributed by atoms with Crippen LogP contribution in [0.5, 0.6) is 0 Å². The maximum absolute atomic E-state index is 13.1. The number of benzene rings is 1. The van der Waals surface area contributed by atoms with E-state index in [4.69, 9.17) is 0 Å². The van der Waals surface area contributed by atoms with Crippen molar-refractivity contribution in [2.24, 2.45) is 5.41 Å². The van der Waals surface area contributed by atoms with Crippen LogP contribution in [-0.4, -0.2) is 12.4 Å². The van der Waals surface area contributed by atoms with E-state index in [9.17, 15) is 52.7 Å². The Hall–Kier alpha value is -1.62. The summed E-state index contributed by atoms with van der Waals surface area (Å²) in [5.41, 5.74) is -8.95. The second kappa shape index (κ2) is 6.97. The van der Waals surface area contributed by atoms with Gasteiger partial charge in [-0.1, -0.05) is 0 Å². The van der Waals surface area contributed by atoms with Gasteiger partial charge in [0.15, 0.2) is 5.41 Å². The number of alkyl halides is 12. The number of hydrogen-bond acceptors (Lipinski definition) is 0. The Kier molecular flexibility index (Phi) is 5.68. The van der Waals surface area contributed by atoms with Crippen LogP contribution in [0.25, 0.3) is 0 Å². The molecule has 0 aromatic heterocycles. The summed E-state index contributed by atoms with van der Waals surface area (Å²) >= 11 is 0. The predicted octanol–water partition coefficient (Wildman–Crippen LogP) is 7.80. The lowest BCUT2D eigenvalue weighted by atomic mass is 9.67. The average Bonchev–Trinajstić information content (AvgIpc) is 2.50. The zero-order chi connectivity index (χ0) is 22.6. The summed E-state index contributed by atoms with van der Waals surface area (Å²) < 4.78 is 157. The fraction of sp³-hybridized carbons (Fsp3) is 0.647. The van der Waals surface area contributed by atoms with E-state index in [0.717, 1.165) is 0 Å². The second-order valence-electron chi connectivity index (χ2n) is 7.09. The molecule has 1 fully saturated rings. The van der Waals surface area contributed by atoms with E-state index in [1.165, 1.54) is 0 Å². The minimum absolute atomic E-state index is 0.378. The first-order valence-corrected chi connectivity index (χ1v) is 8.23. The minimum Gasteiger partial charge on any atom is -0.170 e. The van der Waals surface area contributed by atoms with E-state index in [1.54, 1.807) is 0 Å². The SMILES string of the molecule is Cc1c(C(F)(F)F)cc(C2CCC(C(F)(F)F)(C(F)(F)F)CC2)cc1C(F)(F)F. The van der Waals surface area contributed by atoms with Crippen LogP contribution in [-0.2, 0) is 12.4 Å². The van der Waals surface area contributed by atoms with E-state index in [1.807, 2.05) is 0 Å². The van der Waals surface area contributed by atoms with Crippen LogP contribution < -0.4 is 0 Å². The van der Waals surface area contributed by atoms with Crippen molar-refractivity contribution in [2.45, 2.75) is 63.2 Å². The van der Waals surface area contributed by atoms with E-state index < -0.39 is 84.0 Å². The Morgan fingerprint density at radius 1 is 0.690 bits per heavy atom. The van der Waals surface area contributed by atoms with Crippen molar-refractivity contribution in [3.05, 3.63) is 34.4 Å². The number of halogens is 12. The van der Waals surface area contributed by atoms with Crippen LogP contribution >= 0.6 is 0 Å². The van der Waals surface area contributed by atoms with Gasteiger partial charge in [-0.05, 0) is 61.8 Å². The molecular weight excluding hydrogens is 432 g/mol. The molecule has 29 heavy (non-hydrogen) atoms. The van der Waals surface area contributed by atoms with Gasteiger partial charge in [0.2, 0.25) is 0 Å². The molecular formula is C17H14F12. The van der Waals surface area contributed by atoms with Gasteiger partial charge in [-0.2, -0.15) is 52.7 Å². The molecule has 0 saturated heterocycles. The van der Waals surface area contributed by atoms with Crippen molar-refractivity contribution in [1.29, 1.82) is 0 Å². The van der Waals surface area contributed by atoms with Gasteiger partial charge >= 0.3 is 24.7 Å². The summed E-state index contributed by atoms with van der Waals surface area (Å²) in [4.78, 5) is 0. The van der Waals surface area contributed by atoms with Gasteiger partial charge in [0.25, 0.3) is 0 Å². The Labute approximate surface area is 156 Å². The average molecular weight is 446 g/mol. The highest BCUT2D eigenvalue weighted by Crippen LogP contribution is 2.60. The Balaban J connectivity index is 2.48. The molecule has 0 radical (unpaired) electrons. The topological polar surface area (TPSA) is 0 Å². The van der Waals surface area contributed by atoms with Gasteiger partial charge in [0.1, 0.15) is 0 Å². The summed E-state index contributed by atoms with van der Waals surface area (Å²) in [5.74, 6) is -1.30. The molecule has 0 unspecified atom stereocenters. The van der Waals surface area contributed by atoms with Crippen molar-refractivity contribution in [2.75, 3.05) is 0 Å². The molecule has 2 rings (SSSR count). The van der Waals surface area contributed by atoms with E-state index in [0.29, 0.717) is 19.1 Å². The molecule has 0 bridgehead atoms. The largest absolute Gasteiger partial charge is 0.416 e. The molecule has 0 nitrogen and oxygen atoms in total. The number of hydrogen-bond donors (Lipinski definition) is 0. The molecule has 0 N–H and O–H groups in total. The van der Waals surface area contributed by atoms with E-state index >= 15 is 0 Å². The Morgan fingerprint density at radius 2 is 1.03 bits per heavy atom. The van der Waals surface area contributed by atoms with Crippen molar-refractivity contribution in [3.63, 3.8) is 0 Å². The van der Waals surface area contributed by atoms with Crippen LogP contribution in [0.15, 0.2) is 12.1 Å². The molecule has 0 amide bonds. The molecule has 1 aliphatic carbocycles. The fourth-order valence-corrected chi connectivity index (χ4v) is 3.73. The van der Waals surface area contributed by atoms with Crippen LogP contribution in [0, 0.1) is 12.3 Å². The molecule has 12 heteroatoms. The molecule has 1 aromatic rings. The third kappa shape index (κ3) is 4.30. The second-order valence-corrected chi connectivity index (χ2v) is 7.09. The van der Waals surface area contributed by atoms with Crippen molar-refractivity contribution in [1.82, 2.24) is 0 Å². The monoisotopic (exact) mass is 446 g/mol. The molecule has 0 heterocycles. The third-order valence-electron chi connectivity index (χ3n) is 5.44. The summed E-state index contributed by atoms with van der Waals surface area (Å²) in [7, 11) is 0. The van der Waals surface area contributed by atoms with Crippen LogP contribution in [0.4, 0.5) is 52.7 Å². The minimum atomic E-state index is -5.64. The summed E-state index contributed by atoms with van der Waals surface area (Å²) in [6, 6.07) is 0.757. The normalized spacial score (nSPS) is 19.5. The Morgan fingerprint density at radius 3 is 1.31 bits per heavy atom. The highest BCUT2D eigenvalue weighted by molar-refractivity contribution is 5.43. The first-order valence-electron chi connectivity index (χ1n) is 8.23. The molecule has 0 aliphatic heterocycles. The van der Waals surface area contributed by atoms with E-state index in [-0.39, 0.29) is 0 Å². The van der Waals surface area contributed by atoms with Gasteiger partial charge in [0, 0.05) is 0 Å². The molecule has 166 valence electrons. The van der Waals surface area contributed by atoms with Crippen molar-refractivity contribution in [3.8, 4) is 0 Å². The van der Waals surface area contributed by atoms with Crippen molar-refractivity contribution >= 4 is 0 Å². The molecule has 0 atom stereocenters. The van der Waals surface area contributed by atoms with Gasteiger partial charge in [-0.15, -0.1) is 0 Å². The highest BCUT2D eigenvalue weighted by Gasteiger charge is 2.70. The first-order chi connectivity index (χ1) is 12.8. The Bertz CT molecular complexity index is 689. The molecule has 1 aliphatic rings. The molecule has 0 spiro atoms. The van der Waals surface area contributed by atoms with Crippen LogP contribution in [0.1, 0.15) is 53.9 Å². The van der Waals surface area contributed by atoms with Crippen molar-refractivity contribution < 1.29 is 52.7 Å². The van der Waals surface area contributed by atoms with Gasteiger partial charge in [-0.25, -0.2) is 0 Å². The summed E-state index contributed by atoms with van der Waals surface area (Å²) in [6.45, 7) is 0.606. The van der Waals surface area contributed by atoms with Crippen LogP contribution in [0.3, 0.4) is 0 Å². The maximum Gasteiger partial charge on any atom is 0.416 e.